The molecule has 0 unspecified atom stereocenters. The summed E-state index contributed by atoms with van der Waals surface area (Å²) in [7, 11) is 0. The maximum Gasteiger partial charge on any atom is 0.160 e. The van der Waals surface area contributed by atoms with Crippen molar-refractivity contribution in [3.8, 4) is 0 Å². The van der Waals surface area contributed by atoms with Gasteiger partial charge in [0, 0.05) is 11.8 Å². The third-order valence-corrected chi connectivity index (χ3v) is 7.40. The van der Waals surface area contributed by atoms with E-state index in [0.29, 0.717) is 17.8 Å². The summed E-state index contributed by atoms with van der Waals surface area (Å²) in [4.78, 5) is 0. The fourth-order valence-corrected chi connectivity index (χ4v) is 5.74. The Labute approximate surface area is 169 Å². The molecule has 0 bridgehead atoms. The largest absolute Gasteiger partial charge is 0.352 e. The number of hydrogen-bond donors (Lipinski definition) is 0. The summed E-state index contributed by atoms with van der Waals surface area (Å²) in [6.07, 6.45) is 14.7. The second-order valence-electron chi connectivity index (χ2n) is 9.16. The van der Waals surface area contributed by atoms with E-state index < -0.39 is 0 Å². The first-order valence-electron chi connectivity index (χ1n) is 11.3. The lowest BCUT2D eigenvalue weighted by Crippen LogP contribution is -2.38. The Balaban J connectivity index is 1.20. The van der Waals surface area contributed by atoms with Gasteiger partial charge >= 0.3 is 0 Å². The minimum atomic E-state index is -0.127. The van der Waals surface area contributed by atoms with E-state index in [0.717, 1.165) is 25.0 Å². The Hall–Kier alpha value is -1.19. The second-order valence-corrected chi connectivity index (χ2v) is 9.16. The van der Waals surface area contributed by atoms with Gasteiger partial charge in [-0.05, 0) is 93.7 Å². The first-order valence-corrected chi connectivity index (χ1v) is 11.3. The van der Waals surface area contributed by atoms with Crippen molar-refractivity contribution in [2.75, 3.05) is 13.2 Å². The fourth-order valence-electron chi connectivity index (χ4n) is 5.74. The molecule has 0 atom stereocenters. The van der Waals surface area contributed by atoms with Crippen LogP contribution in [0.3, 0.4) is 0 Å². The number of halogens is 1. The smallest absolute Gasteiger partial charge is 0.160 e. The molecule has 28 heavy (non-hydrogen) atoms. The minimum absolute atomic E-state index is 0.0247. The van der Waals surface area contributed by atoms with E-state index in [1.807, 2.05) is 12.1 Å². The summed E-state index contributed by atoms with van der Waals surface area (Å²) in [5, 5.41) is 0. The quantitative estimate of drug-likeness (QED) is 0.552. The van der Waals surface area contributed by atoms with Gasteiger partial charge in [-0.2, -0.15) is 0 Å². The van der Waals surface area contributed by atoms with Crippen LogP contribution in [-0.2, 0) is 9.47 Å². The molecule has 1 heterocycles. The maximum atomic E-state index is 13.2. The molecule has 1 aromatic rings. The SMILES string of the molecule is CC=CC1COC(C2CCC(C3CCC(c4ccc(F)cc4)CC3)CC2)OC1. The van der Waals surface area contributed by atoms with Crippen molar-refractivity contribution in [2.45, 2.75) is 70.5 Å². The molecule has 0 amide bonds. The van der Waals surface area contributed by atoms with Crippen molar-refractivity contribution >= 4 is 0 Å². The van der Waals surface area contributed by atoms with Gasteiger partial charge in [-0.1, -0.05) is 24.3 Å². The zero-order valence-electron chi connectivity index (χ0n) is 17.2. The van der Waals surface area contributed by atoms with Crippen molar-refractivity contribution in [2.24, 2.45) is 23.7 Å². The Morgan fingerprint density at radius 2 is 1.32 bits per heavy atom. The lowest BCUT2D eigenvalue weighted by Gasteiger charge is -2.41. The van der Waals surface area contributed by atoms with Gasteiger partial charge in [-0.3, -0.25) is 0 Å². The number of rotatable bonds is 4. The first-order chi connectivity index (χ1) is 13.7. The highest BCUT2D eigenvalue weighted by Crippen LogP contribution is 2.44. The van der Waals surface area contributed by atoms with Crippen LogP contribution >= 0.6 is 0 Å². The molecule has 3 aliphatic rings. The van der Waals surface area contributed by atoms with Crippen molar-refractivity contribution in [3.05, 3.63) is 47.8 Å². The van der Waals surface area contributed by atoms with Gasteiger partial charge in [-0.25, -0.2) is 4.39 Å². The molecule has 0 spiro atoms. The summed E-state index contributed by atoms with van der Waals surface area (Å²) >= 11 is 0. The van der Waals surface area contributed by atoms with Gasteiger partial charge < -0.3 is 9.47 Å². The third kappa shape index (κ3) is 4.86. The van der Waals surface area contributed by atoms with Crippen LogP contribution in [0.1, 0.15) is 69.8 Å². The van der Waals surface area contributed by atoms with Gasteiger partial charge in [-0.15, -0.1) is 0 Å². The standard InChI is InChI=1S/C25H35FO2/c1-2-3-18-16-27-25(28-17-18)23-10-8-21(9-11-23)19-4-6-20(7-5-19)22-12-14-24(26)15-13-22/h2-3,12-15,18-21,23,25H,4-11,16-17H2,1H3. The maximum absolute atomic E-state index is 13.2. The van der Waals surface area contributed by atoms with Crippen LogP contribution in [0.15, 0.2) is 36.4 Å². The lowest BCUT2D eigenvalue weighted by atomic mass is 9.68. The van der Waals surface area contributed by atoms with Crippen LogP contribution in [0.4, 0.5) is 4.39 Å². The second kappa shape index (κ2) is 9.54. The van der Waals surface area contributed by atoms with Gasteiger partial charge in [0.25, 0.3) is 0 Å². The minimum Gasteiger partial charge on any atom is -0.352 e. The van der Waals surface area contributed by atoms with E-state index in [1.54, 1.807) is 12.1 Å². The summed E-state index contributed by atoms with van der Waals surface area (Å²) in [6.45, 7) is 3.67. The van der Waals surface area contributed by atoms with E-state index in [-0.39, 0.29) is 12.1 Å². The Morgan fingerprint density at radius 3 is 1.89 bits per heavy atom. The molecule has 2 aliphatic carbocycles. The lowest BCUT2D eigenvalue weighted by molar-refractivity contribution is -0.223. The summed E-state index contributed by atoms with van der Waals surface area (Å²) in [5.74, 6) is 3.27. The highest BCUT2D eigenvalue weighted by Gasteiger charge is 2.35. The van der Waals surface area contributed by atoms with Gasteiger partial charge in [0.05, 0.1) is 13.2 Å². The number of allylic oxidation sites excluding steroid dienone is 1. The van der Waals surface area contributed by atoms with Crippen LogP contribution in [-0.4, -0.2) is 19.5 Å². The molecule has 0 radical (unpaired) electrons. The zero-order valence-corrected chi connectivity index (χ0v) is 17.2. The number of benzene rings is 1. The highest BCUT2D eigenvalue weighted by molar-refractivity contribution is 5.21. The van der Waals surface area contributed by atoms with Gasteiger partial charge in [0.1, 0.15) is 5.82 Å². The summed E-state index contributed by atoms with van der Waals surface area (Å²) in [6, 6.07) is 7.19. The average Bonchev–Trinajstić information content (AvgIpc) is 2.75. The van der Waals surface area contributed by atoms with E-state index in [9.17, 15) is 4.39 Å². The summed E-state index contributed by atoms with van der Waals surface area (Å²) in [5.41, 5.74) is 1.33. The van der Waals surface area contributed by atoms with Crippen LogP contribution < -0.4 is 0 Å². The van der Waals surface area contributed by atoms with E-state index in [2.05, 4.69) is 19.1 Å². The molecule has 1 aromatic carbocycles. The molecule has 3 heteroatoms. The molecule has 0 aromatic heterocycles. The van der Waals surface area contributed by atoms with Gasteiger partial charge in [0.2, 0.25) is 0 Å². The highest BCUT2D eigenvalue weighted by atomic mass is 19.1. The molecule has 2 nitrogen and oxygen atoms in total. The normalized spacial score (nSPS) is 37.2. The first kappa shape index (κ1) is 20.1. The molecule has 2 saturated carbocycles. The fraction of sp³-hybridized carbons (Fsp3) is 0.680. The molecule has 1 saturated heterocycles. The molecule has 1 aliphatic heterocycles. The van der Waals surface area contributed by atoms with Crippen LogP contribution in [0, 0.1) is 29.5 Å². The van der Waals surface area contributed by atoms with Gasteiger partial charge in [0.15, 0.2) is 6.29 Å². The molecular formula is C25H35FO2. The van der Waals surface area contributed by atoms with Crippen LogP contribution in [0.25, 0.3) is 0 Å². The number of hydrogen-bond acceptors (Lipinski definition) is 2. The van der Waals surface area contributed by atoms with Crippen molar-refractivity contribution in [3.63, 3.8) is 0 Å². The molecule has 3 fully saturated rings. The molecule has 0 N–H and O–H groups in total. The predicted molar refractivity (Wildman–Crippen MR) is 111 cm³/mol. The Bertz CT molecular complexity index is 616. The zero-order chi connectivity index (χ0) is 19.3. The monoisotopic (exact) mass is 386 g/mol. The number of ether oxygens (including phenoxy) is 2. The van der Waals surface area contributed by atoms with Crippen molar-refractivity contribution in [1.82, 2.24) is 0 Å². The average molecular weight is 387 g/mol. The topological polar surface area (TPSA) is 18.5 Å². The van der Waals surface area contributed by atoms with E-state index in [1.165, 1.54) is 56.9 Å². The molecule has 4 rings (SSSR count). The van der Waals surface area contributed by atoms with E-state index >= 15 is 0 Å². The van der Waals surface area contributed by atoms with E-state index in [4.69, 9.17) is 9.47 Å². The molecular weight excluding hydrogens is 351 g/mol. The summed E-state index contributed by atoms with van der Waals surface area (Å²) < 4.78 is 25.2. The van der Waals surface area contributed by atoms with Crippen molar-refractivity contribution < 1.29 is 13.9 Å². The predicted octanol–water partition coefficient (Wildman–Crippen LogP) is 6.47. The Morgan fingerprint density at radius 1 is 0.786 bits per heavy atom. The Kier molecular flexibility index (Phi) is 6.85. The van der Waals surface area contributed by atoms with Crippen molar-refractivity contribution in [1.29, 1.82) is 0 Å². The van der Waals surface area contributed by atoms with Crippen LogP contribution in [0.5, 0.6) is 0 Å². The van der Waals surface area contributed by atoms with Crippen LogP contribution in [0.2, 0.25) is 0 Å². The third-order valence-electron chi connectivity index (χ3n) is 7.40. The molecule has 154 valence electrons.